The van der Waals surface area contributed by atoms with Gasteiger partial charge in [0, 0.05) is 23.7 Å². The van der Waals surface area contributed by atoms with Crippen molar-refractivity contribution in [3.63, 3.8) is 0 Å². The predicted octanol–water partition coefficient (Wildman–Crippen LogP) is 3.41. The second kappa shape index (κ2) is 5.87. The van der Waals surface area contributed by atoms with E-state index >= 15 is 0 Å². The molecule has 0 unspecified atom stereocenters. The van der Waals surface area contributed by atoms with E-state index in [9.17, 15) is 4.79 Å². The summed E-state index contributed by atoms with van der Waals surface area (Å²) < 4.78 is 0. The van der Waals surface area contributed by atoms with Gasteiger partial charge in [0.1, 0.15) is 0 Å². The first-order chi connectivity index (χ1) is 9.47. The van der Waals surface area contributed by atoms with Crippen molar-refractivity contribution in [1.82, 2.24) is 10.3 Å². The Morgan fingerprint density at radius 2 is 1.80 bits per heavy atom. The summed E-state index contributed by atoms with van der Waals surface area (Å²) in [4.78, 5) is 16.1. The molecule has 3 nitrogen and oxygen atoms in total. The Kier molecular flexibility index (Phi) is 4.18. The smallest absolute Gasteiger partial charge is 0.225 e. The zero-order valence-electron chi connectivity index (χ0n) is 12.2. The molecule has 0 saturated carbocycles. The number of carbonyl (C=O) groups excluding carboxylic acids is 1. The van der Waals surface area contributed by atoms with Gasteiger partial charge in [-0.3, -0.25) is 9.78 Å². The first kappa shape index (κ1) is 14.3. The fraction of sp³-hybridized carbons (Fsp3) is 0.294. The third kappa shape index (κ3) is 3.67. The van der Waals surface area contributed by atoms with E-state index in [1.54, 1.807) is 6.20 Å². The number of benzene rings is 1. The van der Waals surface area contributed by atoms with Crippen molar-refractivity contribution in [2.75, 3.05) is 0 Å². The Labute approximate surface area is 120 Å². The standard InChI is InChI=1S/C17H20N2O/c1-17(2,3)16(20)19-12-13-7-9-14(10-8-13)15-6-4-5-11-18-15/h4-11H,12H2,1-3H3,(H,19,20). The number of pyridine rings is 1. The maximum absolute atomic E-state index is 11.8. The number of amides is 1. The quantitative estimate of drug-likeness (QED) is 0.927. The third-order valence-corrected chi connectivity index (χ3v) is 3.05. The number of hydrogen-bond acceptors (Lipinski definition) is 2. The summed E-state index contributed by atoms with van der Waals surface area (Å²) in [6.07, 6.45) is 1.78. The summed E-state index contributed by atoms with van der Waals surface area (Å²) >= 11 is 0. The van der Waals surface area contributed by atoms with Crippen LogP contribution in [0.1, 0.15) is 26.3 Å². The number of hydrogen-bond donors (Lipinski definition) is 1. The van der Waals surface area contributed by atoms with E-state index < -0.39 is 0 Å². The molecule has 0 spiro atoms. The minimum Gasteiger partial charge on any atom is -0.352 e. The maximum atomic E-state index is 11.8. The second-order valence-electron chi connectivity index (χ2n) is 5.84. The van der Waals surface area contributed by atoms with E-state index in [1.165, 1.54) is 0 Å². The van der Waals surface area contributed by atoms with Crippen LogP contribution in [0.4, 0.5) is 0 Å². The molecule has 1 aromatic heterocycles. The Balaban J connectivity index is 2.01. The first-order valence-electron chi connectivity index (χ1n) is 6.75. The first-order valence-corrected chi connectivity index (χ1v) is 6.75. The molecule has 0 radical (unpaired) electrons. The molecular weight excluding hydrogens is 248 g/mol. The van der Waals surface area contributed by atoms with Gasteiger partial charge in [-0.05, 0) is 17.7 Å². The molecule has 0 atom stereocenters. The van der Waals surface area contributed by atoms with Crippen molar-refractivity contribution in [1.29, 1.82) is 0 Å². The number of nitrogens with zero attached hydrogens (tertiary/aromatic N) is 1. The van der Waals surface area contributed by atoms with Crippen LogP contribution in [0, 0.1) is 5.41 Å². The van der Waals surface area contributed by atoms with E-state index in [0.29, 0.717) is 6.54 Å². The summed E-state index contributed by atoms with van der Waals surface area (Å²) in [5, 5.41) is 2.94. The van der Waals surface area contributed by atoms with Crippen LogP contribution in [0.2, 0.25) is 0 Å². The summed E-state index contributed by atoms with van der Waals surface area (Å²) in [6.45, 7) is 6.28. The molecule has 0 aliphatic rings. The Morgan fingerprint density at radius 1 is 1.10 bits per heavy atom. The summed E-state index contributed by atoms with van der Waals surface area (Å²) in [7, 11) is 0. The average molecular weight is 268 g/mol. The van der Waals surface area contributed by atoms with Crippen molar-refractivity contribution in [3.8, 4) is 11.3 Å². The Morgan fingerprint density at radius 3 is 2.35 bits per heavy atom. The molecule has 2 aromatic rings. The van der Waals surface area contributed by atoms with Crippen LogP contribution >= 0.6 is 0 Å². The zero-order valence-corrected chi connectivity index (χ0v) is 12.2. The van der Waals surface area contributed by atoms with Gasteiger partial charge in [0.15, 0.2) is 0 Å². The molecule has 1 amide bonds. The Bertz CT molecular complexity index is 568. The third-order valence-electron chi connectivity index (χ3n) is 3.05. The molecule has 0 saturated heterocycles. The topological polar surface area (TPSA) is 42.0 Å². The van der Waals surface area contributed by atoms with Gasteiger partial charge in [0.2, 0.25) is 5.91 Å². The highest BCUT2D eigenvalue weighted by atomic mass is 16.2. The van der Waals surface area contributed by atoms with Crippen molar-refractivity contribution < 1.29 is 4.79 Å². The van der Waals surface area contributed by atoms with Crippen LogP contribution in [0.3, 0.4) is 0 Å². The zero-order chi connectivity index (χ0) is 14.6. The highest BCUT2D eigenvalue weighted by molar-refractivity contribution is 5.81. The Hall–Kier alpha value is -2.16. The van der Waals surface area contributed by atoms with Crippen LogP contribution < -0.4 is 5.32 Å². The fourth-order valence-corrected chi connectivity index (χ4v) is 1.77. The van der Waals surface area contributed by atoms with E-state index in [4.69, 9.17) is 0 Å². The molecule has 0 fully saturated rings. The monoisotopic (exact) mass is 268 g/mol. The minimum atomic E-state index is -0.353. The number of aromatic nitrogens is 1. The van der Waals surface area contributed by atoms with Gasteiger partial charge in [-0.1, -0.05) is 51.1 Å². The van der Waals surface area contributed by atoms with E-state index in [-0.39, 0.29) is 11.3 Å². The van der Waals surface area contributed by atoms with Gasteiger partial charge < -0.3 is 5.32 Å². The van der Waals surface area contributed by atoms with Crippen molar-refractivity contribution in [3.05, 3.63) is 54.2 Å². The van der Waals surface area contributed by atoms with E-state index in [1.807, 2.05) is 63.2 Å². The lowest BCUT2D eigenvalue weighted by molar-refractivity contribution is -0.128. The van der Waals surface area contributed by atoms with Crippen LogP contribution in [0.25, 0.3) is 11.3 Å². The molecule has 0 aliphatic heterocycles. The molecule has 2 rings (SSSR count). The molecule has 3 heteroatoms. The molecule has 1 N–H and O–H groups in total. The lowest BCUT2D eigenvalue weighted by Gasteiger charge is -2.17. The van der Waals surface area contributed by atoms with E-state index in [2.05, 4.69) is 10.3 Å². The van der Waals surface area contributed by atoms with Gasteiger partial charge in [-0.2, -0.15) is 0 Å². The van der Waals surface area contributed by atoms with Crippen LogP contribution in [-0.4, -0.2) is 10.9 Å². The van der Waals surface area contributed by atoms with Gasteiger partial charge >= 0.3 is 0 Å². The van der Waals surface area contributed by atoms with Crippen LogP contribution in [0.15, 0.2) is 48.7 Å². The van der Waals surface area contributed by atoms with Gasteiger partial charge in [0.05, 0.1) is 5.69 Å². The maximum Gasteiger partial charge on any atom is 0.225 e. The highest BCUT2D eigenvalue weighted by Gasteiger charge is 2.20. The van der Waals surface area contributed by atoms with E-state index in [0.717, 1.165) is 16.8 Å². The summed E-state index contributed by atoms with van der Waals surface area (Å²) in [5.41, 5.74) is 2.77. The van der Waals surface area contributed by atoms with Crippen LogP contribution in [0.5, 0.6) is 0 Å². The molecule has 1 aromatic carbocycles. The molecule has 104 valence electrons. The van der Waals surface area contributed by atoms with Crippen molar-refractivity contribution in [2.24, 2.45) is 5.41 Å². The number of nitrogens with one attached hydrogen (secondary N) is 1. The predicted molar refractivity (Wildman–Crippen MR) is 81.0 cm³/mol. The van der Waals surface area contributed by atoms with Crippen LogP contribution in [-0.2, 0) is 11.3 Å². The van der Waals surface area contributed by atoms with Gasteiger partial charge in [0.25, 0.3) is 0 Å². The van der Waals surface area contributed by atoms with Crippen molar-refractivity contribution in [2.45, 2.75) is 27.3 Å². The normalized spacial score (nSPS) is 11.2. The highest BCUT2D eigenvalue weighted by Crippen LogP contribution is 2.17. The lowest BCUT2D eigenvalue weighted by Crippen LogP contribution is -2.34. The molecule has 1 heterocycles. The molecular formula is C17H20N2O. The summed E-state index contributed by atoms with van der Waals surface area (Å²) in [6, 6.07) is 14.0. The van der Waals surface area contributed by atoms with Gasteiger partial charge in [-0.15, -0.1) is 0 Å². The largest absolute Gasteiger partial charge is 0.352 e. The number of rotatable bonds is 3. The second-order valence-corrected chi connectivity index (χ2v) is 5.84. The van der Waals surface area contributed by atoms with Crippen molar-refractivity contribution >= 4 is 5.91 Å². The average Bonchev–Trinajstić information content (AvgIpc) is 2.45. The molecule has 0 bridgehead atoms. The molecule has 20 heavy (non-hydrogen) atoms. The SMILES string of the molecule is CC(C)(C)C(=O)NCc1ccc(-c2ccccn2)cc1. The minimum absolute atomic E-state index is 0.0614. The lowest BCUT2D eigenvalue weighted by atomic mass is 9.95. The fourth-order valence-electron chi connectivity index (χ4n) is 1.77. The van der Waals surface area contributed by atoms with Gasteiger partial charge in [-0.25, -0.2) is 0 Å². The molecule has 0 aliphatic carbocycles. The number of carbonyl (C=O) groups is 1. The summed E-state index contributed by atoms with van der Waals surface area (Å²) in [5.74, 6) is 0.0614.